The number of nitrogens with one attached hydrogen (secondary N) is 1. The number of esters is 2. The molecule has 0 spiro atoms. The number of hydrogen-bond donors (Lipinski definition) is 1. The van der Waals surface area contributed by atoms with Gasteiger partial charge in [-0.3, -0.25) is 0 Å². The summed E-state index contributed by atoms with van der Waals surface area (Å²) in [5, 5.41) is 2.36. The summed E-state index contributed by atoms with van der Waals surface area (Å²) in [6.07, 6.45) is -2.93. The van der Waals surface area contributed by atoms with Gasteiger partial charge in [0.1, 0.15) is 5.02 Å². The van der Waals surface area contributed by atoms with E-state index in [9.17, 15) is 22.8 Å². The minimum Gasteiger partial charge on any atom is -0.435 e. The first-order valence-corrected chi connectivity index (χ1v) is 8.77. The molecule has 11 heteroatoms. The Bertz CT molecular complexity index is 1020. The largest absolute Gasteiger partial charge is 0.435 e. The average Bonchev–Trinajstić information content (AvgIpc) is 2.62. The molecule has 0 amide bonds. The van der Waals surface area contributed by atoms with E-state index < -0.39 is 29.5 Å². The monoisotopic (exact) mass is 442 g/mol. The number of pyridine rings is 1. The second-order valence-corrected chi connectivity index (χ2v) is 6.90. The van der Waals surface area contributed by atoms with Gasteiger partial charge in [0.05, 0.1) is 11.3 Å². The number of aromatic nitrogens is 1. The van der Waals surface area contributed by atoms with Gasteiger partial charge in [-0.05, 0) is 18.2 Å². The summed E-state index contributed by atoms with van der Waals surface area (Å²) in [4.78, 5) is 27.6. The number of ether oxygens (including phenoxy) is 3. The van der Waals surface area contributed by atoms with Crippen molar-refractivity contribution in [2.75, 3.05) is 5.32 Å². The molecule has 3 rings (SSSR count). The van der Waals surface area contributed by atoms with E-state index in [2.05, 4.69) is 10.3 Å². The summed E-state index contributed by atoms with van der Waals surface area (Å²) in [7, 11) is 0. The van der Waals surface area contributed by atoms with E-state index in [0.717, 1.165) is 6.20 Å². The Morgan fingerprint density at radius 1 is 1.17 bits per heavy atom. The Hall–Kier alpha value is -3.27. The molecule has 0 radical (unpaired) electrons. The van der Waals surface area contributed by atoms with Crippen LogP contribution in [-0.4, -0.2) is 22.7 Å². The number of carbonyl (C=O) groups is 2. The van der Waals surface area contributed by atoms with Gasteiger partial charge >= 0.3 is 18.1 Å². The smallest absolute Gasteiger partial charge is 0.417 e. The van der Waals surface area contributed by atoms with E-state index >= 15 is 0 Å². The van der Waals surface area contributed by atoms with Crippen LogP contribution in [0.1, 0.15) is 19.4 Å². The van der Waals surface area contributed by atoms with Crippen LogP contribution in [0.5, 0.6) is 11.6 Å². The van der Waals surface area contributed by atoms with Gasteiger partial charge in [0.2, 0.25) is 5.88 Å². The molecule has 1 fully saturated rings. The second-order valence-electron chi connectivity index (χ2n) is 6.49. The number of alkyl halides is 3. The highest BCUT2D eigenvalue weighted by atomic mass is 35.5. The summed E-state index contributed by atoms with van der Waals surface area (Å²) in [6, 6.07) is 6.93. The zero-order chi connectivity index (χ0) is 22.1. The zero-order valence-electron chi connectivity index (χ0n) is 15.5. The molecule has 1 aromatic heterocycles. The van der Waals surface area contributed by atoms with Gasteiger partial charge in [-0.2, -0.15) is 13.2 Å². The molecule has 30 heavy (non-hydrogen) atoms. The van der Waals surface area contributed by atoms with E-state index in [1.54, 1.807) is 12.1 Å². The van der Waals surface area contributed by atoms with Crippen LogP contribution in [0.2, 0.25) is 5.02 Å². The van der Waals surface area contributed by atoms with Crippen molar-refractivity contribution >= 4 is 29.2 Å². The molecular weight excluding hydrogens is 429 g/mol. The fourth-order valence-electron chi connectivity index (χ4n) is 2.36. The summed E-state index contributed by atoms with van der Waals surface area (Å²) < 4.78 is 53.7. The van der Waals surface area contributed by atoms with Crippen molar-refractivity contribution in [1.82, 2.24) is 4.98 Å². The molecule has 7 nitrogen and oxygen atoms in total. The highest BCUT2D eigenvalue weighted by Gasteiger charge is 2.39. The van der Waals surface area contributed by atoms with Crippen LogP contribution in [0.3, 0.4) is 0 Å². The Balaban J connectivity index is 1.82. The number of carbonyl (C=O) groups excluding carboxylic acids is 2. The molecule has 0 unspecified atom stereocenters. The Morgan fingerprint density at radius 3 is 2.40 bits per heavy atom. The van der Waals surface area contributed by atoms with Crippen molar-refractivity contribution in [3.05, 3.63) is 58.9 Å². The molecule has 0 atom stereocenters. The number of nitrogens with zero attached hydrogens (tertiary/aromatic N) is 1. The molecule has 0 saturated carbocycles. The molecule has 2 aromatic rings. The topological polar surface area (TPSA) is 86.8 Å². The molecular formula is C19H14ClF3N2O5. The van der Waals surface area contributed by atoms with Crippen molar-refractivity contribution < 1.29 is 37.0 Å². The maximum Gasteiger partial charge on any atom is 0.417 e. The molecule has 158 valence electrons. The van der Waals surface area contributed by atoms with Crippen molar-refractivity contribution in [1.29, 1.82) is 0 Å². The van der Waals surface area contributed by atoms with Gasteiger partial charge in [0.15, 0.2) is 11.3 Å². The molecule has 0 bridgehead atoms. The van der Waals surface area contributed by atoms with Crippen LogP contribution < -0.4 is 10.1 Å². The maximum absolute atomic E-state index is 12.7. The summed E-state index contributed by atoms with van der Waals surface area (Å²) in [6.45, 7) is 2.83. The van der Waals surface area contributed by atoms with E-state index in [4.69, 9.17) is 25.8 Å². The molecule has 1 saturated heterocycles. The van der Waals surface area contributed by atoms with Gasteiger partial charge in [0.25, 0.3) is 5.79 Å². The first-order chi connectivity index (χ1) is 14.0. The van der Waals surface area contributed by atoms with E-state index in [1.165, 1.54) is 26.0 Å². The summed E-state index contributed by atoms with van der Waals surface area (Å²) in [5.74, 6) is -3.27. The summed E-state index contributed by atoms with van der Waals surface area (Å²) >= 11 is 5.86. The van der Waals surface area contributed by atoms with Crippen LogP contribution in [0.4, 0.5) is 18.9 Å². The van der Waals surface area contributed by atoms with Crippen molar-refractivity contribution in [3.63, 3.8) is 0 Å². The standard InChI is InChI=1S/C19H14ClF3N2O5/c1-18(2)29-16(26)11(17(27)30-18)9-24-13-5-3-4-6-14(13)28-15-12(20)7-10(8-25-15)19(21,22)23/h3-9,24H,1-2H3. The van der Waals surface area contributed by atoms with Gasteiger partial charge in [-0.1, -0.05) is 23.7 Å². The third kappa shape index (κ3) is 4.82. The normalized spacial score (nSPS) is 15.9. The predicted octanol–water partition coefficient (Wildman–Crippen LogP) is 4.68. The second kappa shape index (κ2) is 7.86. The lowest BCUT2D eigenvalue weighted by molar-refractivity contribution is -0.222. The Kier molecular flexibility index (Phi) is 5.62. The first-order valence-electron chi connectivity index (χ1n) is 8.39. The van der Waals surface area contributed by atoms with Crippen molar-refractivity contribution in [2.45, 2.75) is 25.8 Å². The number of cyclic esters (lactones) is 2. The van der Waals surface area contributed by atoms with Crippen LogP contribution in [0, 0.1) is 0 Å². The Labute approximate surface area is 173 Å². The lowest BCUT2D eigenvalue weighted by Gasteiger charge is -2.29. The molecule has 1 aliphatic rings. The fraction of sp³-hybridized carbons (Fsp3) is 0.211. The fourth-order valence-corrected chi connectivity index (χ4v) is 2.57. The van der Waals surface area contributed by atoms with Gasteiger partial charge in [-0.15, -0.1) is 0 Å². The quantitative estimate of drug-likeness (QED) is 0.418. The van der Waals surface area contributed by atoms with Crippen LogP contribution >= 0.6 is 11.6 Å². The Morgan fingerprint density at radius 2 is 1.80 bits per heavy atom. The van der Waals surface area contributed by atoms with Crippen LogP contribution in [0.25, 0.3) is 0 Å². The minimum absolute atomic E-state index is 0.126. The van der Waals surface area contributed by atoms with E-state index in [-0.39, 0.29) is 27.9 Å². The van der Waals surface area contributed by atoms with Gasteiger partial charge in [-0.25, -0.2) is 14.6 Å². The third-order valence-corrected chi connectivity index (χ3v) is 3.99. The highest BCUT2D eigenvalue weighted by Crippen LogP contribution is 2.36. The number of anilines is 1. The van der Waals surface area contributed by atoms with Crippen molar-refractivity contribution in [2.24, 2.45) is 0 Å². The molecule has 1 aromatic carbocycles. The number of halogens is 4. The van der Waals surface area contributed by atoms with E-state index in [1.807, 2.05) is 0 Å². The highest BCUT2D eigenvalue weighted by molar-refractivity contribution is 6.31. The SMILES string of the molecule is CC1(C)OC(=O)C(=CNc2ccccc2Oc2ncc(C(F)(F)F)cc2Cl)C(=O)O1. The molecule has 1 N–H and O–H groups in total. The predicted molar refractivity (Wildman–Crippen MR) is 98.7 cm³/mol. The van der Waals surface area contributed by atoms with E-state index in [0.29, 0.717) is 12.3 Å². The lowest BCUT2D eigenvalue weighted by atomic mass is 10.2. The number of benzene rings is 1. The minimum atomic E-state index is -4.60. The van der Waals surface area contributed by atoms with Gasteiger partial charge in [0, 0.05) is 26.2 Å². The lowest BCUT2D eigenvalue weighted by Crippen LogP contribution is -2.42. The summed E-state index contributed by atoms with van der Waals surface area (Å²) in [5.41, 5.74) is -1.13. The first kappa shape index (κ1) is 21.4. The number of rotatable bonds is 4. The maximum atomic E-state index is 12.7. The van der Waals surface area contributed by atoms with Crippen LogP contribution in [0.15, 0.2) is 48.3 Å². The van der Waals surface area contributed by atoms with Crippen molar-refractivity contribution in [3.8, 4) is 11.6 Å². The average molecular weight is 443 g/mol. The third-order valence-electron chi connectivity index (χ3n) is 3.72. The number of para-hydroxylation sites is 2. The van der Waals surface area contributed by atoms with Crippen LogP contribution in [-0.2, 0) is 25.2 Å². The molecule has 2 heterocycles. The molecule has 1 aliphatic heterocycles. The molecule has 0 aliphatic carbocycles. The number of hydrogen-bond acceptors (Lipinski definition) is 7. The zero-order valence-corrected chi connectivity index (χ0v) is 16.3. The van der Waals surface area contributed by atoms with Gasteiger partial charge < -0.3 is 19.5 Å².